The second kappa shape index (κ2) is 7.40. The number of hydrogen-bond acceptors (Lipinski definition) is 5. The molecule has 1 aromatic heterocycles. The fourth-order valence-electron chi connectivity index (χ4n) is 3.51. The van der Waals surface area contributed by atoms with Gasteiger partial charge in [-0.25, -0.2) is 4.98 Å². The molecule has 0 spiro atoms. The van der Waals surface area contributed by atoms with E-state index in [0.29, 0.717) is 12.5 Å². The second-order valence-corrected chi connectivity index (χ2v) is 6.80. The minimum absolute atomic E-state index is 0.0796. The molecular formula is C16H27N5O2. The normalized spacial score (nSPS) is 23.3. The van der Waals surface area contributed by atoms with Gasteiger partial charge in [0.1, 0.15) is 12.2 Å². The Labute approximate surface area is 137 Å². The van der Waals surface area contributed by atoms with Crippen molar-refractivity contribution in [2.24, 2.45) is 18.9 Å². The molecule has 2 aliphatic heterocycles. The highest BCUT2D eigenvalue weighted by Gasteiger charge is 2.28. The Morgan fingerprint density at radius 1 is 1.39 bits per heavy atom. The van der Waals surface area contributed by atoms with Crippen molar-refractivity contribution in [2.45, 2.75) is 25.8 Å². The first-order valence-corrected chi connectivity index (χ1v) is 8.51. The van der Waals surface area contributed by atoms with Gasteiger partial charge in [-0.1, -0.05) is 0 Å². The van der Waals surface area contributed by atoms with E-state index in [1.807, 2.05) is 23.7 Å². The number of piperidine rings is 1. The maximum absolute atomic E-state index is 12.3. The number of nitrogens with zero attached hydrogens (tertiary/aromatic N) is 5. The van der Waals surface area contributed by atoms with Crippen LogP contribution in [0.2, 0.25) is 0 Å². The van der Waals surface area contributed by atoms with Crippen molar-refractivity contribution in [1.29, 1.82) is 0 Å². The summed E-state index contributed by atoms with van der Waals surface area (Å²) in [5.74, 6) is 1.94. The van der Waals surface area contributed by atoms with Gasteiger partial charge in [0.2, 0.25) is 5.91 Å². The van der Waals surface area contributed by atoms with E-state index in [9.17, 15) is 4.79 Å². The Hall–Kier alpha value is -1.47. The molecule has 0 radical (unpaired) electrons. The number of likely N-dealkylation sites (tertiary alicyclic amines) is 1. The number of ether oxygens (including phenoxy) is 1. The zero-order valence-corrected chi connectivity index (χ0v) is 14.1. The van der Waals surface area contributed by atoms with Crippen LogP contribution in [0.3, 0.4) is 0 Å². The third kappa shape index (κ3) is 4.09. The van der Waals surface area contributed by atoms with Crippen LogP contribution in [0.4, 0.5) is 0 Å². The molecule has 1 amide bonds. The molecule has 7 nitrogen and oxygen atoms in total. The minimum Gasteiger partial charge on any atom is -0.381 e. The minimum atomic E-state index is 0.0796. The lowest BCUT2D eigenvalue weighted by atomic mass is 9.95. The van der Waals surface area contributed by atoms with Crippen LogP contribution in [0.1, 0.15) is 25.1 Å². The summed E-state index contributed by atoms with van der Waals surface area (Å²) in [4.78, 5) is 21.0. The standard InChI is InChI=1S/C16H27N5O2/c1-19(16(22)14-5-8-23-11-14)9-13-3-6-21(7-4-13)10-15-17-12-18-20(15)2/h12-14H,3-11H2,1-2H3. The topological polar surface area (TPSA) is 63.5 Å². The molecule has 2 saturated heterocycles. The molecular weight excluding hydrogens is 294 g/mol. The van der Waals surface area contributed by atoms with Gasteiger partial charge in [-0.15, -0.1) is 0 Å². The van der Waals surface area contributed by atoms with Crippen LogP contribution in [0.25, 0.3) is 0 Å². The van der Waals surface area contributed by atoms with Gasteiger partial charge in [-0.05, 0) is 38.3 Å². The summed E-state index contributed by atoms with van der Waals surface area (Å²) in [6.45, 7) is 5.17. The van der Waals surface area contributed by atoms with Crippen LogP contribution in [-0.2, 0) is 23.1 Å². The molecule has 23 heavy (non-hydrogen) atoms. The monoisotopic (exact) mass is 321 g/mol. The number of hydrogen-bond donors (Lipinski definition) is 0. The summed E-state index contributed by atoms with van der Waals surface area (Å²) in [7, 11) is 3.87. The van der Waals surface area contributed by atoms with Gasteiger partial charge in [0, 0.05) is 27.2 Å². The fraction of sp³-hybridized carbons (Fsp3) is 0.812. The first kappa shape index (κ1) is 16.4. The fourth-order valence-corrected chi connectivity index (χ4v) is 3.51. The average molecular weight is 321 g/mol. The van der Waals surface area contributed by atoms with Gasteiger partial charge in [0.05, 0.1) is 19.1 Å². The van der Waals surface area contributed by atoms with Gasteiger partial charge in [-0.3, -0.25) is 14.4 Å². The van der Waals surface area contributed by atoms with E-state index < -0.39 is 0 Å². The summed E-state index contributed by atoms with van der Waals surface area (Å²) in [5, 5.41) is 4.12. The predicted octanol–water partition coefficient (Wildman–Crippen LogP) is 0.522. The van der Waals surface area contributed by atoms with E-state index in [2.05, 4.69) is 15.0 Å². The highest BCUT2D eigenvalue weighted by atomic mass is 16.5. The molecule has 3 heterocycles. The van der Waals surface area contributed by atoms with Crippen molar-refractivity contribution >= 4 is 5.91 Å². The number of aryl methyl sites for hydroxylation is 1. The van der Waals surface area contributed by atoms with Crippen LogP contribution in [0.15, 0.2) is 6.33 Å². The van der Waals surface area contributed by atoms with E-state index in [4.69, 9.17) is 4.74 Å². The molecule has 0 N–H and O–H groups in total. The molecule has 3 rings (SSSR count). The van der Waals surface area contributed by atoms with E-state index in [-0.39, 0.29) is 11.8 Å². The van der Waals surface area contributed by atoms with Gasteiger partial charge in [0.25, 0.3) is 0 Å². The quantitative estimate of drug-likeness (QED) is 0.791. The number of aromatic nitrogens is 3. The van der Waals surface area contributed by atoms with Gasteiger partial charge in [0.15, 0.2) is 0 Å². The number of amides is 1. The summed E-state index contributed by atoms with van der Waals surface area (Å²) in [6.07, 6.45) is 4.75. The molecule has 2 fully saturated rings. The molecule has 128 valence electrons. The molecule has 1 atom stereocenters. The molecule has 1 unspecified atom stereocenters. The molecule has 7 heteroatoms. The van der Waals surface area contributed by atoms with Crippen molar-refractivity contribution in [1.82, 2.24) is 24.6 Å². The highest BCUT2D eigenvalue weighted by Crippen LogP contribution is 2.21. The van der Waals surface area contributed by atoms with Crippen molar-refractivity contribution < 1.29 is 9.53 Å². The lowest BCUT2D eigenvalue weighted by Crippen LogP contribution is -2.41. The Kier molecular flexibility index (Phi) is 5.27. The average Bonchev–Trinajstić information content (AvgIpc) is 3.21. The zero-order valence-electron chi connectivity index (χ0n) is 14.1. The van der Waals surface area contributed by atoms with E-state index in [1.54, 1.807) is 6.33 Å². The lowest BCUT2D eigenvalue weighted by Gasteiger charge is -2.34. The third-order valence-electron chi connectivity index (χ3n) is 5.06. The highest BCUT2D eigenvalue weighted by molar-refractivity contribution is 5.78. The van der Waals surface area contributed by atoms with E-state index >= 15 is 0 Å². The first-order valence-electron chi connectivity index (χ1n) is 8.51. The van der Waals surface area contributed by atoms with Crippen LogP contribution in [0, 0.1) is 11.8 Å². The Morgan fingerprint density at radius 3 is 2.78 bits per heavy atom. The van der Waals surface area contributed by atoms with Crippen LogP contribution >= 0.6 is 0 Å². The molecule has 0 aromatic carbocycles. The van der Waals surface area contributed by atoms with Gasteiger partial charge >= 0.3 is 0 Å². The number of rotatable bonds is 5. The van der Waals surface area contributed by atoms with Gasteiger partial charge in [-0.2, -0.15) is 5.10 Å². The summed E-state index contributed by atoms with van der Waals surface area (Å²) in [5.41, 5.74) is 0. The second-order valence-electron chi connectivity index (χ2n) is 6.80. The summed E-state index contributed by atoms with van der Waals surface area (Å²) in [6, 6.07) is 0. The van der Waals surface area contributed by atoms with Crippen molar-refractivity contribution in [3.8, 4) is 0 Å². The molecule has 0 bridgehead atoms. The number of carbonyl (C=O) groups is 1. The SMILES string of the molecule is CN(CC1CCN(Cc2ncnn2C)CC1)C(=O)C1CCOC1. The molecule has 0 aliphatic carbocycles. The summed E-state index contributed by atoms with van der Waals surface area (Å²) < 4.78 is 7.16. The van der Waals surface area contributed by atoms with E-state index in [0.717, 1.165) is 57.9 Å². The van der Waals surface area contributed by atoms with Crippen LogP contribution in [-0.4, -0.2) is 70.4 Å². The zero-order chi connectivity index (χ0) is 16.2. The number of carbonyl (C=O) groups excluding carboxylic acids is 1. The van der Waals surface area contributed by atoms with Crippen molar-refractivity contribution in [3.63, 3.8) is 0 Å². The maximum atomic E-state index is 12.3. The van der Waals surface area contributed by atoms with Crippen molar-refractivity contribution in [3.05, 3.63) is 12.2 Å². The van der Waals surface area contributed by atoms with Crippen LogP contribution in [0.5, 0.6) is 0 Å². The van der Waals surface area contributed by atoms with Crippen LogP contribution < -0.4 is 0 Å². The molecule has 2 aliphatic rings. The summed E-state index contributed by atoms with van der Waals surface area (Å²) >= 11 is 0. The van der Waals surface area contributed by atoms with Crippen molar-refractivity contribution in [2.75, 3.05) is 39.9 Å². The Morgan fingerprint density at radius 2 is 2.17 bits per heavy atom. The first-order chi connectivity index (χ1) is 11.1. The third-order valence-corrected chi connectivity index (χ3v) is 5.06. The lowest BCUT2D eigenvalue weighted by molar-refractivity contribution is -0.134. The predicted molar refractivity (Wildman–Crippen MR) is 85.6 cm³/mol. The smallest absolute Gasteiger partial charge is 0.227 e. The maximum Gasteiger partial charge on any atom is 0.227 e. The van der Waals surface area contributed by atoms with Gasteiger partial charge < -0.3 is 9.64 Å². The Balaban J connectivity index is 1.42. The molecule has 0 saturated carbocycles. The Bertz CT molecular complexity index is 518. The van der Waals surface area contributed by atoms with E-state index in [1.165, 1.54) is 0 Å². The largest absolute Gasteiger partial charge is 0.381 e. The molecule has 1 aromatic rings.